The largest absolute Gasteiger partial charge is 0.508 e. The van der Waals surface area contributed by atoms with Gasteiger partial charge in [-0.1, -0.05) is 72.6 Å². The van der Waals surface area contributed by atoms with Crippen LogP contribution in [0.15, 0.2) is 114 Å². The van der Waals surface area contributed by atoms with Crippen LogP contribution in [0.25, 0.3) is 10.8 Å². The van der Waals surface area contributed by atoms with Gasteiger partial charge in [-0.25, -0.2) is 4.79 Å². The Morgan fingerprint density at radius 1 is 1.00 bits per heavy atom. The van der Waals surface area contributed by atoms with Gasteiger partial charge in [0.15, 0.2) is 0 Å². The molecule has 0 spiro atoms. The van der Waals surface area contributed by atoms with Crippen molar-refractivity contribution in [2.24, 2.45) is 22.9 Å². The number of hydrogen-bond acceptors (Lipinski definition) is 11. The number of non-ortho nitro benzene ring substituents is 1. The van der Waals surface area contributed by atoms with Crippen molar-refractivity contribution in [1.29, 1.82) is 0 Å². The smallest absolute Gasteiger partial charge is 0.416 e. The van der Waals surface area contributed by atoms with Gasteiger partial charge in [0.05, 0.1) is 29.7 Å². The first-order chi connectivity index (χ1) is 29.9. The Hall–Kier alpha value is -5.76. The number of carbonyl (C=O) groups excluding carboxylic acids is 1. The zero-order chi connectivity index (χ0) is 44.0. The molecule has 1 saturated carbocycles. The Bertz CT molecular complexity index is 2300. The van der Waals surface area contributed by atoms with Crippen LogP contribution in [0.2, 0.25) is 0 Å². The van der Waals surface area contributed by atoms with E-state index in [9.17, 15) is 25.4 Å². The van der Waals surface area contributed by atoms with Crippen LogP contribution in [0.3, 0.4) is 0 Å². The molecule has 13 heteroatoms. The van der Waals surface area contributed by atoms with Gasteiger partial charge >= 0.3 is 6.09 Å². The van der Waals surface area contributed by atoms with Crippen molar-refractivity contribution in [3.8, 4) is 17.2 Å². The molecule has 0 aromatic heterocycles. The van der Waals surface area contributed by atoms with Gasteiger partial charge in [0.1, 0.15) is 28.9 Å². The van der Waals surface area contributed by atoms with E-state index in [4.69, 9.17) is 24.2 Å². The molecule has 0 unspecified atom stereocenters. The zero-order valence-corrected chi connectivity index (χ0v) is 35.7. The molecule has 328 valence electrons. The molecule has 62 heavy (non-hydrogen) atoms. The Kier molecular flexibility index (Phi) is 13.6. The SMILES string of the molecule is C=CCO[C@@]12Oc3ccc(O)cc3[C@H]3[C@H](CCCCO)[C@@H](CCCCO)C=C(C(=NOC(C)(C)C)C[C@@H]1N(Cc1cccc4ccccc14)C(=O)Oc1ccc([N+](=O)[O-])cc1)[C@H]32. The Labute approximate surface area is 362 Å². The summed E-state index contributed by atoms with van der Waals surface area (Å²) in [5, 5.41) is 49.2. The average Bonchev–Trinajstić information content (AvgIpc) is 3.25. The number of phenols is 1. The summed E-state index contributed by atoms with van der Waals surface area (Å²) in [6, 6.07) is 23.4. The van der Waals surface area contributed by atoms with Crippen LogP contribution in [0.5, 0.6) is 17.2 Å². The number of hydrogen-bond donors (Lipinski definition) is 3. The standard InChI is InChI=1S/C49H57N3O10/c1-5-27-59-49-44(51(31-34-16-12-15-32-13-6-7-17-38(32)34)47(56)60-37-22-19-35(20-23-37)52(57)58)30-42(50-62-48(2,3)4)40-28-33(14-8-10-25-53)39(18-9-11-26-54)45(46(40)49)41-29-36(55)21-24-43(41)61-49/h5-7,12-13,15-17,19-24,28-29,33,39,44-46,53-55H,1,8-11,14,18,25-27,30-31H2,2-4H3/t33-,39+,44-,45+,46+,49+/m0/s1. The van der Waals surface area contributed by atoms with E-state index < -0.39 is 34.4 Å². The summed E-state index contributed by atoms with van der Waals surface area (Å²) in [5.74, 6) is -1.85. The predicted octanol–water partition coefficient (Wildman–Crippen LogP) is 9.59. The maximum Gasteiger partial charge on any atom is 0.416 e. The molecule has 3 aliphatic rings. The highest BCUT2D eigenvalue weighted by Gasteiger charge is 2.66. The highest BCUT2D eigenvalue weighted by Crippen LogP contribution is 2.62. The van der Waals surface area contributed by atoms with Crippen LogP contribution >= 0.6 is 0 Å². The lowest BCUT2D eigenvalue weighted by atomic mass is 9.55. The van der Waals surface area contributed by atoms with Crippen molar-refractivity contribution in [2.45, 2.75) is 95.6 Å². The number of nitrogens with zero attached hydrogens (tertiary/aromatic N) is 3. The molecule has 4 aromatic carbocycles. The first-order valence-electron chi connectivity index (χ1n) is 21.5. The van der Waals surface area contributed by atoms with E-state index in [0.717, 1.165) is 53.2 Å². The van der Waals surface area contributed by atoms with Gasteiger partial charge in [-0.05, 0) is 111 Å². The molecule has 4 aromatic rings. The van der Waals surface area contributed by atoms with Crippen LogP contribution in [-0.4, -0.2) is 74.2 Å². The number of unbranched alkanes of at least 4 members (excludes halogenated alkanes) is 2. The van der Waals surface area contributed by atoms with Crippen molar-refractivity contribution in [3.05, 3.63) is 130 Å². The monoisotopic (exact) mass is 847 g/mol. The maximum atomic E-state index is 15.1. The summed E-state index contributed by atoms with van der Waals surface area (Å²) >= 11 is 0. The number of benzene rings is 4. The number of oxime groups is 1. The van der Waals surface area contributed by atoms with Gasteiger partial charge in [0.2, 0.25) is 5.79 Å². The predicted molar refractivity (Wildman–Crippen MR) is 236 cm³/mol. The molecule has 0 saturated heterocycles. The summed E-state index contributed by atoms with van der Waals surface area (Å²) in [7, 11) is 0. The summed E-state index contributed by atoms with van der Waals surface area (Å²) in [6.07, 6.45) is 7.57. The first kappa shape index (κ1) is 44.3. The molecule has 3 N–H and O–H groups in total. The lowest BCUT2D eigenvalue weighted by Crippen LogP contribution is -2.70. The van der Waals surface area contributed by atoms with Gasteiger partial charge in [-0.3, -0.25) is 15.0 Å². The molecule has 0 radical (unpaired) electrons. The van der Waals surface area contributed by atoms with Gasteiger partial charge in [-0.2, -0.15) is 0 Å². The van der Waals surface area contributed by atoms with E-state index in [1.165, 1.54) is 24.3 Å². The number of ether oxygens (including phenoxy) is 3. The highest BCUT2D eigenvalue weighted by atomic mass is 16.7. The van der Waals surface area contributed by atoms with Crippen LogP contribution in [0.4, 0.5) is 10.5 Å². The summed E-state index contributed by atoms with van der Waals surface area (Å²) < 4.78 is 20.5. The minimum Gasteiger partial charge on any atom is -0.508 e. The van der Waals surface area contributed by atoms with E-state index in [2.05, 4.69) is 12.7 Å². The Morgan fingerprint density at radius 2 is 1.73 bits per heavy atom. The number of nitro groups is 1. The number of phenolic OH excluding ortho intramolecular Hbond substituents is 1. The van der Waals surface area contributed by atoms with E-state index in [1.54, 1.807) is 29.2 Å². The Morgan fingerprint density at radius 3 is 2.44 bits per heavy atom. The fraction of sp³-hybridized carbons (Fsp3) is 0.429. The third-order valence-electron chi connectivity index (χ3n) is 12.2. The summed E-state index contributed by atoms with van der Waals surface area (Å²) in [4.78, 5) is 34.0. The van der Waals surface area contributed by atoms with Crippen LogP contribution in [-0.2, 0) is 16.1 Å². The molecule has 13 nitrogen and oxygen atoms in total. The fourth-order valence-corrected chi connectivity index (χ4v) is 9.56. The highest BCUT2D eigenvalue weighted by molar-refractivity contribution is 6.03. The minimum absolute atomic E-state index is 0.0113. The molecule has 1 aliphatic heterocycles. The number of rotatable bonds is 17. The third-order valence-corrected chi connectivity index (χ3v) is 12.2. The lowest BCUT2D eigenvalue weighted by Gasteiger charge is -2.59. The topological polar surface area (TPSA) is 173 Å². The number of aliphatic hydroxyl groups excluding tert-OH is 2. The van der Waals surface area contributed by atoms with Gasteiger partial charge in [0, 0.05) is 43.2 Å². The van der Waals surface area contributed by atoms with E-state index >= 15 is 4.79 Å². The molecule has 1 fully saturated rings. The molecule has 1 amide bonds. The van der Waals surface area contributed by atoms with Gasteiger partial charge < -0.3 is 34.4 Å². The second-order valence-corrected chi connectivity index (χ2v) is 17.4. The molecule has 2 aliphatic carbocycles. The number of nitro benzene ring substituents is 1. The van der Waals surface area contributed by atoms with Crippen LogP contribution in [0, 0.1) is 27.9 Å². The van der Waals surface area contributed by atoms with Gasteiger partial charge in [-0.15, -0.1) is 6.58 Å². The summed E-state index contributed by atoms with van der Waals surface area (Å²) in [5.41, 5.74) is 2.28. The normalized spacial score (nSPS) is 23.4. The van der Waals surface area contributed by atoms with Crippen molar-refractivity contribution >= 4 is 28.3 Å². The van der Waals surface area contributed by atoms with Crippen molar-refractivity contribution in [1.82, 2.24) is 4.90 Å². The number of aliphatic hydroxyl groups is 2. The van der Waals surface area contributed by atoms with Crippen LogP contribution in [0.1, 0.15) is 82.8 Å². The molecule has 0 bridgehead atoms. The number of amides is 1. The van der Waals surface area contributed by atoms with E-state index in [1.807, 2.05) is 63.2 Å². The van der Waals surface area contributed by atoms with Crippen molar-refractivity contribution in [2.75, 3.05) is 19.8 Å². The lowest BCUT2D eigenvalue weighted by molar-refractivity contribution is -0.384. The number of allylic oxidation sites excluding steroid dienone is 1. The van der Waals surface area contributed by atoms with Crippen LogP contribution < -0.4 is 9.47 Å². The molecule has 7 rings (SSSR count). The van der Waals surface area contributed by atoms with Crippen molar-refractivity contribution < 1.29 is 44.1 Å². The average molecular weight is 848 g/mol. The number of aromatic hydroxyl groups is 1. The third kappa shape index (κ3) is 9.35. The quantitative estimate of drug-likeness (QED) is 0.0402. The van der Waals surface area contributed by atoms with Crippen molar-refractivity contribution in [3.63, 3.8) is 0 Å². The Balaban J connectivity index is 1.48. The zero-order valence-electron chi connectivity index (χ0n) is 35.7. The minimum atomic E-state index is -1.58. The number of fused-ring (bicyclic) bond motifs is 3. The number of carbonyl (C=O) groups is 1. The maximum absolute atomic E-state index is 15.1. The molecular formula is C49H57N3O10. The van der Waals surface area contributed by atoms with E-state index in [-0.39, 0.29) is 67.7 Å². The molecular weight excluding hydrogens is 791 g/mol. The second-order valence-electron chi connectivity index (χ2n) is 17.4. The molecule has 1 heterocycles. The summed E-state index contributed by atoms with van der Waals surface area (Å²) in [6.45, 7) is 9.99. The fourth-order valence-electron chi connectivity index (χ4n) is 9.56. The van der Waals surface area contributed by atoms with Gasteiger partial charge in [0.25, 0.3) is 5.69 Å². The first-order valence-corrected chi connectivity index (χ1v) is 21.5. The van der Waals surface area contributed by atoms with E-state index in [0.29, 0.717) is 24.3 Å². The molecule has 6 atom stereocenters. The second kappa shape index (κ2) is 19.1.